The standard InChI is InChI=1S/C17H17ClO2/c18-15-5-3-13(4-6-15)16(19)7-1-12-2-8-17-14(11-12)9-10-20-17/h2-6,8,11,16,19H,1,7,9-10H2. The molecule has 2 aromatic carbocycles. The summed E-state index contributed by atoms with van der Waals surface area (Å²) < 4.78 is 5.50. The number of ether oxygens (including phenoxy) is 1. The van der Waals surface area contributed by atoms with E-state index in [1.807, 2.05) is 30.3 Å². The third kappa shape index (κ3) is 2.97. The van der Waals surface area contributed by atoms with Crippen molar-refractivity contribution < 1.29 is 9.84 Å². The number of fused-ring (bicyclic) bond motifs is 1. The Morgan fingerprint density at radius 2 is 1.95 bits per heavy atom. The highest BCUT2D eigenvalue weighted by atomic mass is 35.5. The van der Waals surface area contributed by atoms with E-state index in [1.54, 1.807) is 0 Å². The predicted octanol–water partition coefficient (Wildman–Crippen LogP) is 3.94. The van der Waals surface area contributed by atoms with Gasteiger partial charge in [0, 0.05) is 11.4 Å². The van der Waals surface area contributed by atoms with Gasteiger partial charge >= 0.3 is 0 Å². The zero-order valence-corrected chi connectivity index (χ0v) is 11.9. The number of benzene rings is 2. The van der Waals surface area contributed by atoms with E-state index >= 15 is 0 Å². The van der Waals surface area contributed by atoms with Crippen LogP contribution in [0.4, 0.5) is 0 Å². The Morgan fingerprint density at radius 3 is 2.75 bits per heavy atom. The number of rotatable bonds is 4. The predicted molar refractivity (Wildman–Crippen MR) is 80.4 cm³/mol. The molecular weight excluding hydrogens is 272 g/mol. The van der Waals surface area contributed by atoms with E-state index in [9.17, 15) is 5.11 Å². The van der Waals surface area contributed by atoms with Crippen LogP contribution in [0.3, 0.4) is 0 Å². The van der Waals surface area contributed by atoms with Crippen molar-refractivity contribution in [3.8, 4) is 5.75 Å². The van der Waals surface area contributed by atoms with Crippen molar-refractivity contribution in [3.63, 3.8) is 0 Å². The van der Waals surface area contributed by atoms with E-state index in [1.165, 1.54) is 11.1 Å². The summed E-state index contributed by atoms with van der Waals surface area (Å²) in [5, 5.41) is 10.9. The highest BCUT2D eigenvalue weighted by Crippen LogP contribution is 2.27. The van der Waals surface area contributed by atoms with E-state index in [-0.39, 0.29) is 0 Å². The van der Waals surface area contributed by atoms with Crippen LogP contribution in [0, 0.1) is 0 Å². The van der Waals surface area contributed by atoms with Crippen molar-refractivity contribution >= 4 is 11.6 Å². The lowest BCUT2D eigenvalue weighted by Crippen LogP contribution is -1.99. The van der Waals surface area contributed by atoms with Gasteiger partial charge in [0.15, 0.2) is 0 Å². The first kappa shape index (κ1) is 13.5. The van der Waals surface area contributed by atoms with Gasteiger partial charge in [0.25, 0.3) is 0 Å². The Kier molecular flexibility index (Phi) is 3.95. The number of aliphatic hydroxyl groups excluding tert-OH is 1. The van der Waals surface area contributed by atoms with Crippen LogP contribution in [-0.4, -0.2) is 11.7 Å². The second-order valence-electron chi connectivity index (χ2n) is 5.15. The molecule has 0 saturated heterocycles. The van der Waals surface area contributed by atoms with Crippen molar-refractivity contribution in [3.05, 3.63) is 64.2 Å². The number of hydrogen-bond acceptors (Lipinski definition) is 2. The van der Waals surface area contributed by atoms with Gasteiger partial charge in [-0.2, -0.15) is 0 Å². The zero-order valence-electron chi connectivity index (χ0n) is 11.2. The Morgan fingerprint density at radius 1 is 1.15 bits per heavy atom. The van der Waals surface area contributed by atoms with Crippen LogP contribution < -0.4 is 4.74 Å². The fraction of sp³-hybridized carbons (Fsp3) is 0.294. The number of aryl methyl sites for hydroxylation is 1. The smallest absolute Gasteiger partial charge is 0.122 e. The van der Waals surface area contributed by atoms with Crippen LogP contribution in [0.1, 0.15) is 29.2 Å². The molecule has 3 heteroatoms. The van der Waals surface area contributed by atoms with Crippen LogP contribution in [0.25, 0.3) is 0 Å². The van der Waals surface area contributed by atoms with E-state index < -0.39 is 6.10 Å². The molecule has 20 heavy (non-hydrogen) atoms. The van der Waals surface area contributed by atoms with Crippen LogP contribution in [0.15, 0.2) is 42.5 Å². The summed E-state index contributed by atoms with van der Waals surface area (Å²) >= 11 is 5.85. The molecule has 1 heterocycles. The molecule has 0 aromatic heterocycles. The van der Waals surface area contributed by atoms with E-state index in [0.717, 1.165) is 30.8 Å². The molecule has 1 unspecified atom stereocenters. The van der Waals surface area contributed by atoms with Gasteiger partial charge < -0.3 is 9.84 Å². The van der Waals surface area contributed by atoms with E-state index in [0.29, 0.717) is 11.4 Å². The number of hydrogen-bond donors (Lipinski definition) is 1. The number of halogens is 1. The summed E-state index contributed by atoms with van der Waals surface area (Å²) in [4.78, 5) is 0. The average Bonchev–Trinajstić information content (AvgIpc) is 2.93. The van der Waals surface area contributed by atoms with Gasteiger partial charge in [0.2, 0.25) is 0 Å². The summed E-state index contributed by atoms with van der Waals surface area (Å²) in [5.74, 6) is 1.01. The Balaban J connectivity index is 1.63. The van der Waals surface area contributed by atoms with Gasteiger partial charge in [0.1, 0.15) is 5.75 Å². The Bertz CT molecular complexity index is 592. The first-order chi connectivity index (χ1) is 9.72. The first-order valence-electron chi connectivity index (χ1n) is 6.90. The zero-order chi connectivity index (χ0) is 13.9. The summed E-state index contributed by atoms with van der Waals surface area (Å²) in [6.45, 7) is 0.784. The number of aliphatic hydroxyl groups is 1. The fourth-order valence-corrected chi connectivity index (χ4v) is 2.68. The highest BCUT2D eigenvalue weighted by molar-refractivity contribution is 6.30. The lowest BCUT2D eigenvalue weighted by atomic mass is 10.00. The van der Waals surface area contributed by atoms with Crippen LogP contribution in [0.2, 0.25) is 5.02 Å². The minimum absolute atomic E-state index is 0.447. The summed E-state index contributed by atoms with van der Waals surface area (Å²) in [7, 11) is 0. The molecule has 1 aliphatic rings. The maximum atomic E-state index is 10.2. The maximum Gasteiger partial charge on any atom is 0.122 e. The molecule has 1 N–H and O–H groups in total. The van der Waals surface area contributed by atoms with Crippen molar-refractivity contribution in [2.24, 2.45) is 0 Å². The van der Waals surface area contributed by atoms with Crippen LogP contribution >= 0.6 is 11.6 Å². The first-order valence-corrected chi connectivity index (χ1v) is 7.28. The summed E-state index contributed by atoms with van der Waals surface area (Å²) in [5.41, 5.74) is 3.45. The van der Waals surface area contributed by atoms with Crippen molar-refractivity contribution in [2.75, 3.05) is 6.61 Å². The lowest BCUT2D eigenvalue weighted by molar-refractivity contribution is 0.168. The SMILES string of the molecule is OC(CCc1ccc2c(c1)CCO2)c1ccc(Cl)cc1. The van der Waals surface area contributed by atoms with E-state index in [4.69, 9.17) is 16.3 Å². The summed E-state index contributed by atoms with van der Waals surface area (Å²) in [6.07, 6.45) is 2.11. The second kappa shape index (κ2) is 5.86. The minimum atomic E-state index is -0.447. The molecule has 0 amide bonds. The van der Waals surface area contributed by atoms with Gasteiger partial charge in [-0.05, 0) is 47.7 Å². The Labute approximate surface area is 124 Å². The van der Waals surface area contributed by atoms with Gasteiger partial charge in [-0.1, -0.05) is 35.9 Å². The topological polar surface area (TPSA) is 29.5 Å². The van der Waals surface area contributed by atoms with Gasteiger partial charge in [0.05, 0.1) is 12.7 Å². The van der Waals surface area contributed by atoms with Crippen LogP contribution in [-0.2, 0) is 12.8 Å². The minimum Gasteiger partial charge on any atom is -0.493 e. The highest BCUT2D eigenvalue weighted by Gasteiger charge is 2.13. The van der Waals surface area contributed by atoms with Crippen LogP contribution in [0.5, 0.6) is 5.75 Å². The molecule has 2 nitrogen and oxygen atoms in total. The van der Waals surface area contributed by atoms with Gasteiger partial charge in [-0.15, -0.1) is 0 Å². The molecule has 1 aliphatic heterocycles. The van der Waals surface area contributed by atoms with Gasteiger partial charge in [-0.25, -0.2) is 0 Å². The molecule has 104 valence electrons. The molecule has 2 aromatic rings. The fourth-order valence-electron chi connectivity index (χ4n) is 2.55. The van der Waals surface area contributed by atoms with Crippen molar-refractivity contribution in [2.45, 2.75) is 25.4 Å². The van der Waals surface area contributed by atoms with Gasteiger partial charge in [-0.3, -0.25) is 0 Å². The monoisotopic (exact) mass is 288 g/mol. The molecule has 1 atom stereocenters. The third-order valence-corrected chi connectivity index (χ3v) is 3.97. The summed E-state index contributed by atoms with van der Waals surface area (Å²) in [6, 6.07) is 13.7. The molecule has 0 radical (unpaired) electrons. The average molecular weight is 289 g/mol. The molecule has 3 rings (SSSR count). The molecule has 0 fully saturated rings. The van der Waals surface area contributed by atoms with E-state index in [2.05, 4.69) is 12.1 Å². The van der Waals surface area contributed by atoms with Crippen molar-refractivity contribution in [1.82, 2.24) is 0 Å². The molecule has 0 bridgehead atoms. The quantitative estimate of drug-likeness (QED) is 0.923. The normalized spacial score (nSPS) is 14.7. The lowest BCUT2D eigenvalue weighted by Gasteiger charge is -2.11. The molecular formula is C17H17ClO2. The largest absolute Gasteiger partial charge is 0.493 e. The molecule has 0 aliphatic carbocycles. The third-order valence-electron chi connectivity index (χ3n) is 3.72. The second-order valence-corrected chi connectivity index (χ2v) is 5.58. The molecule has 0 spiro atoms. The maximum absolute atomic E-state index is 10.2. The van der Waals surface area contributed by atoms with Crippen molar-refractivity contribution in [1.29, 1.82) is 0 Å². The Hall–Kier alpha value is -1.51. The molecule has 0 saturated carbocycles.